The van der Waals surface area contributed by atoms with E-state index in [0.29, 0.717) is 0 Å². The minimum absolute atomic E-state index is 0.00463. The van der Waals surface area contributed by atoms with Crippen molar-refractivity contribution in [3.8, 4) is 0 Å². The summed E-state index contributed by atoms with van der Waals surface area (Å²) < 4.78 is 5.04. The molecule has 1 saturated heterocycles. The largest absolute Gasteiger partial charge is 0.394 e. The SMILES string of the molecule is CC.[B]C1CC[C@@H](CO)O1. The van der Waals surface area contributed by atoms with E-state index in [0.717, 1.165) is 12.8 Å². The van der Waals surface area contributed by atoms with Crippen molar-refractivity contribution < 1.29 is 9.84 Å². The van der Waals surface area contributed by atoms with Crippen LogP contribution in [0.5, 0.6) is 0 Å². The monoisotopic (exact) mass is 142 g/mol. The van der Waals surface area contributed by atoms with Gasteiger partial charge in [-0.2, -0.15) is 0 Å². The highest BCUT2D eigenvalue weighted by molar-refractivity contribution is 6.11. The first-order chi connectivity index (χ1) is 4.83. The molecule has 1 rings (SSSR count). The van der Waals surface area contributed by atoms with Crippen LogP contribution in [0, 0.1) is 0 Å². The highest BCUT2D eigenvalue weighted by Crippen LogP contribution is 2.15. The lowest BCUT2D eigenvalue weighted by molar-refractivity contribution is 0.0432. The zero-order valence-electron chi connectivity index (χ0n) is 6.71. The van der Waals surface area contributed by atoms with Crippen LogP contribution in [0.2, 0.25) is 0 Å². The molecule has 0 bridgehead atoms. The highest BCUT2D eigenvalue weighted by atomic mass is 16.5. The molecule has 1 fully saturated rings. The van der Waals surface area contributed by atoms with Gasteiger partial charge in [0, 0.05) is 6.00 Å². The Morgan fingerprint density at radius 3 is 2.30 bits per heavy atom. The van der Waals surface area contributed by atoms with Crippen molar-refractivity contribution in [3.05, 3.63) is 0 Å². The van der Waals surface area contributed by atoms with Crippen LogP contribution in [0.15, 0.2) is 0 Å². The first kappa shape index (κ1) is 9.98. The summed E-state index contributed by atoms with van der Waals surface area (Å²) in [5.74, 6) is 0. The Morgan fingerprint density at radius 2 is 2.10 bits per heavy atom. The fourth-order valence-corrected chi connectivity index (χ4v) is 0.868. The Labute approximate surface area is 64.0 Å². The third-order valence-electron chi connectivity index (χ3n) is 1.34. The molecule has 0 aliphatic carbocycles. The molecule has 0 aromatic heterocycles. The van der Waals surface area contributed by atoms with Gasteiger partial charge in [0.1, 0.15) is 7.85 Å². The zero-order chi connectivity index (χ0) is 7.98. The lowest BCUT2D eigenvalue weighted by atomic mass is 9.97. The van der Waals surface area contributed by atoms with Crippen LogP contribution in [-0.4, -0.2) is 31.7 Å². The summed E-state index contributed by atoms with van der Waals surface area (Å²) in [6.45, 7) is 4.10. The molecule has 3 heteroatoms. The second kappa shape index (κ2) is 5.75. The molecule has 0 aromatic rings. The molecule has 1 unspecified atom stereocenters. The van der Waals surface area contributed by atoms with Crippen LogP contribution in [-0.2, 0) is 4.74 Å². The van der Waals surface area contributed by atoms with Crippen LogP contribution >= 0.6 is 0 Å². The first-order valence-electron chi connectivity index (χ1n) is 3.85. The van der Waals surface area contributed by atoms with E-state index in [-0.39, 0.29) is 18.7 Å². The van der Waals surface area contributed by atoms with Crippen molar-refractivity contribution in [2.75, 3.05) is 6.61 Å². The summed E-state index contributed by atoms with van der Waals surface area (Å²) in [6, 6.07) is -0.132. The van der Waals surface area contributed by atoms with Gasteiger partial charge in [0.25, 0.3) is 0 Å². The summed E-state index contributed by atoms with van der Waals surface area (Å²) in [4.78, 5) is 0. The molecule has 0 amide bonds. The van der Waals surface area contributed by atoms with E-state index in [1.165, 1.54) is 0 Å². The van der Waals surface area contributed by atoms with Gasteiger partial charge in [-0.1, -0.05) is 13.8 Å². The number of ether oxygens (including phenoxy) is 1. The number of hydrogen-bond acceptors (Lipinski definition) is 2. The summed E-state index contributed by atoms with van der Waals surface area (Å²) in [5, 5.41) is 8.50. The Kier molecular flexibility index (Phi) is 5.74. The first-order valence-corrected chi connectivity index (χ1v) is 3.85. The minimum Gasteiger partial charge on any atom is -0.394 e. The Hall–Kier alpha value is -0.0151. The average Bonchev–Trinajstić information content (AvgIpc) is 2.40. The maximum absolute atomic E-state index is 8.50. The van der Waals surface area contributed by atoms with Crippen LogP contribution in [0.1, 0.15) is 26.7 Å². The van der Waals surface area contributed by atoms with Crippen molar-refractivity contribution >= 4 is 7.85 Å². The van der Waals surface area contributed by atoms with Gasteiger partial charge >= 0.3 is 0 Å². The second-order valence-electron chi connectivity index (χ2n) is 2.06. The standard InChI is InChI=1S/C5H9BO2.C2H6/c6-5-2-1-4(3-7)8-5;1-2/h4-5,7H,1-3H2;1-2H3/t4-,5?;/m0./s1. The molecule has 0 saturated carbocycles. The fourth-order valence-electron chi connectivity index (χ4n) is 0.868. The maximum Gasteiger partial charge on any atom is 0.109 e. The van der Waals surface area contributed by atoms with Crippen LogP contribution < -0.4 is 0 Å². The van der Waals surface area contributed by atoms with E-state index in [4.69, 9.17) is 17.7 Å². The average molecular weight is 142 g/mol. The number of aliphatic hydroxyl groups is 1. The molecule has 1 N–H and O–H groups in total. The molecule has 1 aliphatic heterocycles. The van der Waals surface area contributed by atoms with Crippen LogP contribution in [0.3, 0.4) is 0 Å². The van der Waals surface area contributed by atoms with Gasteiger partial charge in [-0.15, -0.1) is 0 Å². The van der Waals surface area contributed by atoms with E-state index in [2.05, 4.69) is 0 Å². The third kappa shape index (κ3) is 3.23. The van der Waals surface area contributed by atoms with E-state index in [1.54, 1.807) is 0 Å². The van der Waals surface area contributed by atoms with Crippen LogP contribution in [0.4, 0.5) is 0 Å². The smallest absolute Gasteiger partial charge is 0.109 e. The summed E-state index contributed by atoms with van der Waals surface area (Å²) in [6.07, 6.45) is 1.79. The Bertz CT molecular complexity index is 78.0. The van der Waals surface area contributed by atoms with Gasteiger partial charge in [-0.25, -0.2) is 0 Å². The van der Waals surface area contributed by atoms with Crippen molar-refractivity contribution in [2.45, 2.75) is 38.8 Å². The quantitative estimate of drug-likeness (QED) is 0.545. The van der Waals surface area contributed by atoms with Gasteiger partial charge in [-0.05, 0) is 12.8 Å². The molecule has 58 valence electrons. The molecule has 10 heavy (non-hydrogen) atoms. The normalized spacial score (nSPS) is 31.1. The second-order valence-corrected chi connectivity index (χ2v) is 2.06. The summed E-state index contributed by atoms with van der Waals surface area (Å²) in [5.41, 5.74) is 0. The molecule has 2 atom stereocenters. The molecule has 1 aliphatic rings. The van der Waals surface area contributed by atoms with E-state index < -0.39 is 0 Å². The lowest BCUT2D eigenvalue weighted by Gasteiger charge is -2.05. The fraction of sp³-hybridized carbons (Fsp3) is 1.00. The van der Waals surface area contributed by atoms with Crippen molar-refractivity contribution in [2.24, 2.45) is 0 Å². The van der Waals surface area contributed by atoms with Crippen molar-refractivity contribution in [1.82, 2.24) is 0 Å². The topological polar surface area (TPSA) is 29.5 Å². The van der Waals surface area contributed by atoms with Gasteiger partial charge < -0.3 is 9.84 Å². The van der Waals surface area contributed by atoms with E-state index >= 15 is 0 Å². The molecular formula is C7H15BO2. The zero-order valence-corrected chi connectivity index (χ0v) is 6.71. The van der Waals surface area contributed by atoms with Gasteiger partial charge in [0.2, 0.25) is 0 Å². The third-order valence-corrected chi connectivity index (χ3v) is 1.34. The number of hydrogen-bond donors (Lipinski definition) is 1. The Balaban J connectivity index is 0.000000371. The molecule has 2 nitrogen and oxygen atoms in total. The summed E-state index contributed by atoms with van der Waals surface area (Å²) in [7, 11) is 5.37. The summed E-state index contributed by atoms with van der Waals surface area (Å²) >= 11 is 0. The van der Waals surface area contributed by atoms with Crippen molar-refractivity contribution in [1.29, 1.82) is 0 Å². The van der Waals surface area contributed by atoms with Crippen LogP contribution in [0.25, 0.3) is 0 Å². The van der Waals surface area contributed by atoms with E-state index in [9.17, 15) is 0 Å². The minimum atomic E-state index is -0.132. The Morgan fingerprint density at radius 1 is 1.50 bits per heavy atom. The van der Waals surface area contributed by atoms with Gasteiger partial charge in [0.15, 0.2) is 0 Å². The number of aliphatic hydroxyl groups excluding tert-OH is 1. The van der Waals surface area contributed by atoms with E-state index in [1.807, 2.05) is 13.8 Å². The molecule has 1 heterocycles. The predicted octanol–water partition coefficient (Wildman–Crippen LogP) is 0.678. The van der Waals surface area contributed by atoms with Gasteiger partial charge in [0.05, 0.1) is 12.7 Å². The molecule has 0 spiro atoms. The predicted molar refractivity (Wildman–Crippen MR) is 42.1 cm³/mol. The molecule has 0 aromatic carbocycles. The number of rotatable bonds is 1. The molecule has 2 radical (unpaired) electrons. The molecular weight excluding hydrogens is 127 g/mol. The highest BCUT2D eigenvalue weighted by Gasteiger charge is 2.19. The maximum atomic E-state index is 8.50. The van der Waals surface area contributed by atoms with Gasteiger partial charge in [-0.3, -0.25) is 0 Å². The lowest BCUT2D eigenvalue weighted by Crippen LogP contribution is -2.13. The van der Waals surface area contributed by atoms with Crippen molar-refractivity contribution in [3.63, 3.8) is 0 Å².